The topological polar surface area (TPSA) is 35.7 Å². The number of amidine groups is 1. The van der Waals surface area contributed by atoms with Gasteiger partial charge in [-0.25, -0.2) is 0 Å². The van der Waals surface area contributed by atoms with Gasteiger partial charge in [0.1, 0.15) is 11.4 Å². The minimum Gasteiger partial charge on any atom is -0.494 e. The molecule has 0 fully saturated rings. The van der Waals surface area contributed by atoms with Crippen LogP contribution in [0.25, 0.3) is 0 Å². The smallest absolute Gasteiger partial charge is 0.416 e. The Kier molecular flexibility index (Phi) is 5.49. The molecule has 1 unspecified atom stereocenters. The van der Waals surface area contributed by atoms with Gasteiger partial charge >= 0.3 is 6.18 Å². The molecule has 2 aliphatic rings. The molecule has 0 saturated carbocycles. The van der Waals surface area contributed by atoms with Crippen LogP contribution in [-0.2, 0) is 11.9 Å². The number of ether oxygens (including phenoxy) is 1. The van der Waals surface area contributed by atoms with Crippen molar-refractivity contribution in [3.63, 3.8) is 0 Å². The van der Waals surface area contributed by atoms with Gasteiger partial charge in [0.25, 0.3) is 11.6 Å². The number of hydrogen-bond donors (Lipinski definition) is 1. The maximum atomic E-state index is 13.4. The summed E-state index contributed by atoms with van der Waals surface area (Å²) < 4.78 is 47.7. The Morgan fingerprint density at radius 2 is 1.87 bits per heavy atom. The van der Waals surface area contributed by atoms with Gasteiger partial charge in [-0.2, -0.15) is 18.1 Å². The average molecular weight is 419 g/mol. The van der Waals surface area contributed by atoms with E-state index in [2.05, 4.69) is 4.58 Å². The molecule has 4 rings (SSSR count). The summed E-state index contributed by atoms with van der Waals surface area (Å²) in [7, 11) is 0. The normalized spacial score (nSPS) is 22.1. The van der Waals surface area contributed by atoms with Crippen LogP contribution in [0.2, 0.25) is 0 Å². The van der Waals surface area contributed by atoms with Crippen LogP contribution in [0.3, 0.4) is 0 Å². The van der Waals surface area contributed by atoms with Crippen LogP contribution in [0.15, 0.2) is 48.5 Å². The average Bonchev–Trinajstić information content (AvgIpc) is 2.84. The number of benzene rings is 2. The predicted molar refractivity (Wildman–Crippen MR) is 109 cm³/mol. The van der Waals surface area contributed by atoms with Gasteiger partial charge in [-0.15, -0.1) is 0 Å². The summed E-state index contributed by atoms with van der Waals surface area (Å²) in [5.41, 5.74) is -1.20. The van der Waals surface area contributed by atoms with Crippen molar-refractivity contribution in [2.24, 2.45) is 0 Å². The van der Waals surface area contributed by atoms with E-state index in [0.717, 1.165) is 50.2 Å². The number of nitrogens with zero attached hydrogens (tertiary/aromatic N) is 2. The molecule has 0 aliphatic carbocycles. The standard InChI is InChI=1S/C23H26F3N2O2/c1-2-30-20-12-10-17(11-13-20)22(29)16-27-14-5-3-4-9-21(27)28(22)19-8-6-7-18(15-19)23(24,25)26/h6-8,10-13,15,29H,2-5,9,14,16H2,1H3/q+1. The van der Waals surface area contributed by atoms with E-state index >= 15 is 0 Å². The first-order valence-corrected chi connectivity index (χ1v) is 10.4. The van der Waals surface area contributed by atoms with E-state index in [1.807, 2.05) is 6.92 Å². The summed E-state index contributed by atoms with van der Waals surface area (Å²) in [5.74, 6) is 1.57. The highest BCUT2D eigenvalue weighted by Crippen LogP contribution is 2.40. The summed E-state index contributed by atoms with van der Waals surface area (Å²) in [6.45, 7) is 3.52. The van der Waals surface area contributed by atoms with E-state index < -0.39 is 17.5 Å². The Morgan fingerprint density at radius 3 is 2.57 bits per heavy atom. The van der Waals surface area contributed by atoms with Crippen LogP contribution in [0.1, 0.15) is 43.7 Å². The number of hydrogen-bond acceptors (Lipinski definition) is 3. The molecule has 0 aromatic heterocycles. The van der Waals surface area contributed by atoms with Crippen molar-refractivity contribution in [2.75, 3.05) is 24.6 Å². The molecule has 2 heterocycles. The molecule has 0 spiro atoms. The fourth-order valence-electron chi connectivity index (χ4n) is 4.41. The highest BCUT2D eigenvalue weighted by atomic mass is 19.4. The lowest BCUT2D eigenvalue weighted by molar-refractivity contribution is -0.534. The van der Waals surface area contributed by atoms with Gasteiger partial charge in [0.2, 0.25) is 0 Å². The molecule has 1 atom stereocenters. The van der Waals surface area contributed by atoms with Crippen molar-refractivity contribution in [1.29, 1.82) is 0 Å². The summed E-state index contributed by atoms with van der Waals surface area (Å²) >= 11 is 0. The molecule has 30 heavy (non-hydrogen) atoms. The molecule has 7 heteroatoms. The molecule has 1 N–H and O–H groups in total. The quantitative estimate of drug-likeness (QED) is 0.727. The number of alkyl halides is 3. The van der Waals surface area contributed by atoms with Crippen LogP contribution >= 0.6 is 0 Å². The predicted octanol–water partition coefficient (Wildman–Crippen LogP) is 4.75. The van der Waals surface area contributed by atoms with Gasteiger partial charge in [0.05, 0.1) is 18.7 Å². The number of rotatable bonds is 4. The second-order valence-corrected chi connectivity index (χ2v) is 7.81. The monoisotopic (exact) mass is 419 g/mol. The summed E-state index contributed by atoms with van der Waals surface area (Å²) in [6, 6.07) is 12.4. The Balaban J connectivity index is 1.80. The molecule has 160 valence electrons. The van der Waals surface area contributed by atoms with Gasteiger partial charge in [-0.1, -0.05) is 6.07 Å². The lowest BCUT2D eigenvalue weighted by atomic mass is 9.99. The van der Waals surface area contributed by atoms with E-state index in [1.54, 1.807) is 35.2 Å². The third kappa shape index (κ3) is 3.78. The largest absolute Gasteiger partial charge is 0.494 e. The summed E-state index contributed by atoms with van der Waals surface area (Å²) in [4.78, 5) is 1.70. The second kappa shape index (κ2) is 7.95. The Morgan fingerprint density at radius 1 is 1.10 bits per heavy atom. The zero-order valence-electron chi connectivity index (χ0n) is 17.0. The minimum atomic E-state index is -4.44. The van der Waals surface area contributed by atoms with Gasteiger partial charge < -0.3 is 9.84 Å². The Bertz CT molecular complexity index is 940. The highest BCUT2D eigenvalue weighted by Gasteiger charge is 2.54. The maximum Gasteiger partial charge on any atom is 0.416 e. The first-order chi connectivity index (χ1) is 14.3. The lowest BCUT2D eigenvalue weighted by Gasteiger charge is -2.29. The lowest BCUT2D eigenvalue weighted by Crippen LogP contribution is -2.47. The van der Waals surface area contributed by atoms with Crippen LogP contribution in [-0.4, -0.2) is 35.2 Å². The molecule has 0 bridgehead atoms. The number of anilines is 1. The van der Waals surface area contributed by atoms with E-state index in [9.17, 15) is 18.3 Å². The molecule has 0 amide bonds. The van der Waals surface area contributed by atoms with E-state index in [0.29, 0.717) is 30.2 Å². The van der Waals surface area contributed by atoms with Crippen LogP contribution in [0, 0.1) is 0 Å². The van der Waals surface area contributed by atoms with Crippen LogP contribution in [0.5, 0.6) is 5.75 Å². The first-order valence-electron chi connectivity index (χ1n) is 10.4. The molecule has 0 radical (unpaired) electrons. The van der Waals surface area contributed by atoms with E-state index in [4.69, 9.17) is 4.74 Å². The minimum absolute atomic E-state index is 0.312. The molecular weight excluding hydrogens is 393 g/mol. The van der Waals surface area contributed by atoms with Crippen LogP contribution < -0.4 is 9.64 Å². The summed E-state index contributed by atoms with van der Waals surface area (Å²) in [6.07, 6.45) is -0.714. The molecule has 0 saturated heterocycles. The van der Waals surface area contributed by atoms with Gasteiger partial charge in [0, 0.05) is 12.0 Å². The first kappa shape index (κ1) is 20.7. The van der Waals surface area contributed by atoms with Crippen molar-refractivity contribution < 1.29 is 27.6 Å². The molecule has 2 aromatic carbocycles. The maximum absolute atomic E-state index is 13.4. The van der Waals surface area contributed by atoms with Gasteiger partial charge in [-0.05, 0) is 68.7 Å². The van der Waals surface area contributed by atoms with Crippen molar-refractivity contribution in [2.45, 2.75) is 44.5 Å². The van der Waals surface area contributed by atoms with Crippen molar-refractivity contribution >= 4 is 11.5 Å². The fourth-order valence-corrected chi connectivity index (χ4v) is 4.41. The summed E-state index contributed by atoms with van der Waals surface area (Å²) in [5, 5.41) is 11.9. The van der Waals surface area contributed by atoms with Gasteiger partial charge in [-0.3, -0.25) is 4.58 Å². The van der Waals surface area contributed by atoms with Crippen molar-refractivity contribution in [3.8, 4) is 5.75 Å². The zero-order chi connectivity index (χ0) is 21.4. The zero-order valence-corrected chi connectivity index (χ0v) is 17.0. The highest BCUT2D eigenvalue weighted by molar-refractivity contribution is 5.97. The third-order valence-corrected chi connectivity index (χ3v) is 5.79. The molecule has 4 nitrogen and oxygen atoms in total. The molecule has 2 aliphatic heterocycles. The van der Waals surface area contributed by atoms with Crippen molar-refractivity contribution in [1.82, 2.24) is 0 Å². The molecule has 2 aromatic rings. The number of aliphatic hydroxyl groups is 1. The van der Waals surface area contributed by atoms with Gasteiger partial charge in [0.15, 0.2) is 6.54 Å². The second-order valence-electron chi connectivity index (χ2n) is 7.81. The Hall–Kier alpha value is -2.54. The van der Waals surface area contributed by atoms with Crippen LogP contribution in [0.4, 0.5) is 18.9 Å². The third-order valence-electron chi connectivity index (χ3n) is 5.79. The number of halogens is 3. The molecular formula is C23H26F3N2O2+. The Labute approximate surface area is 174 Å². The van der Waals surface area contributed by atoms with Crippen molar-refractivity contribution in [3.05, 3.63) is 59.7 Å². The van der Waals surface area contributed by atoms with E-state index in [-0.39, 0.29) is 0 Å². The van der Waals surface area contributed by atoms with E-state index in [1.165, 1.54) is 6.07 Å². The fraction of sp³-hybridized carbons (Fsp3) is 0.435. The SMILES string of the molecule is CCOc1ccc(C2(O)C[N+]3=C(CCCCC3)N2c2cccc(C(F)(F)F)c2)cc1.